The Morgan fingerprint density at radius 1 is 1.27 bits per heavy atom. The molecular formula is C22H29NO6S. The first-order valence-corrected chi connectivity index (χ1v) is 11.2. The molecule has 0 bridgehead atoms. The molecule has 1 atom stereocenters. The molecule has 1 aromatic heterocycles. The SMILES string of the molecule is CCc1cc(=O)oc2c(C)c(OC(=O)C(CCSC)NC(=O)OC(C)(C)C)ccc12. The smallest absolute Gasteiger partial charge is 0.408 e. The fourth-order valence-electron chi connectivity index (χ4n) is 2.93. The van der Waals surface area contributed by atoms with Gasteiger partial charge in [0.15, 0.2) is 0 Å². The van der Waals surface area contributed by atoms with Gasteiger partial charge in [0.1, 0.15) is 23.0 Å². The topological polar surface area (TPSA) is 94.8 Å². The summed E-state index contributed by atoms with van der Waals surface area (Å²) in [5, 5.41) is 3.40. The van der Waals surface area contributed by atoms with Crippen molar-refractivity contribution in [2.24, 2.45) is 0 Å². The van der Waals surface area contributed by atoms with Gasteiger partial charge < -0.3 is 19.2 Å². The highest BCUT2D eigenvalue weighted by molar-refractivity contribution is 7.98. The molecule has 8 heteroatoms. The molecule has 1 heterocycles. The lowest BCUT2D eigenvalue weighted by molar-refractivity contribution is -0.136. The zero-order valence-corrected chi connectivity index (χ0v) is 19.1. The predicted molar refractivity (Wildman–Crippen MR) is 118 cm³/mol. The van der Waals surface area contributed by atoms with E-state index in [0.29, 0.717) is 29.7 Å². The second-order valence-electron chi connectivity index (χ2n) is 7.91. The third kappa shape index (κ3) is 6.26. The monoisotopic (exact) mass is 435 g/mol. The highest BCUT2D eigenvalue weighted by atomic mass is 32.2. The third-order valence-electron chi connectivity index (χ3n) is 4.37. The first-order chi connectivity index (χ1) is 14.1. The predicted octanol–water partition coefficient (Wildman–Crippen LogP) is 4.22. The van der Waals surface area contributed by atoms with E-state index in [1.807, 2.05) is 13.2 Å². The number of hydrogen-bond acceptors (Lipinski definition) is 7. The van der Waals surface area contributed by atoms with Gasteiger partial charge in [-0.15, -0.1) is 0 Å². The van der Waals surface area contributed by atoms with Crippen LogP contribution in [0.5, 0.6) is 5.75 Å². The van der Waals surface area contributed by atoms with Crippen molar-refractivity contribution in [3.8, 4) is 5.75 Å². The molecule has 0 spiro atoms. The first-order valence-electron chi connectivity index (χ1n) is 9.82. The van der Waals surface area contributed by atoms with E-state index in [-0.39, 0.29) is 5.75 Å². The summed E-state index contributed by atoms with van der Waals surface area (Å²) in [6.45, 7) is 8.93. The highest BCUT2D eigenvalue weighted by Crippen LogP contribution is 2.29. The fourth-order valence-corrected chi connectivity index (χ4v) is 3.40. The molecule has 2 rings (SSSR count). The molecular weight excluding hydrogens is 406 g/mol. The van der Waals surface area contributed by atoms with Crippen molar-refractivity contribution >= 4 is 34.8 Å². The molecule has 30 heavy (non-hydrogen) atoms. The Hall–Kier alpha value is -2.48. The van der Waals surface area contributed by atoms with Crippen molar-refractivity contribution in [2.45, 2.75) is 59.1 Å². The van der Waals surface area contributed by atoms with E-state index in [4.69, 9.17) is 13.9 Å². The number of aryl methyl sites for hydroxylation is 2. The Kier molecular flexibility index (Phi) is 7.95. The molecule has 1 amide bonds. The van der Waals surface area contributed by atoms with Crippen LogP contribution in [0.3, 0.4) is 0 Å². The van der Waals surface area contributed by atoms with E-state index in [0.717, 1.165) is 10.9 Å². The minimum Gasteiger partial charge on any atom is -0.444 e. The molecule has 1 N–H and O–H groups in total. The quantitative estimate of drug-likeness (QED) is 0.395. The van der Waals surface area contributed by atoms with E-state index in [9.17, 15) is 14.4 Å². The highest BCUT2D eigenvalue weighted by Gasteiger charge is 2.26. The largest absolute Gasteiger partial charge is 0.444 e. The number of rotatable bonds is 7. The standard InChI is InChI=1S/C22H29NO6S/c1-7-14-12-18(24)28-19-13(2)17(9-8-15(14)19)27-20(25)16(10-11-30-6)23-21(26)29-22(3,4)5/h8-9,12,16H,7,10-11H2,1-6H3,(H,23,26). The van der Waals surface area contributed by atoms with Crippen LogP contribution in [0.2, 0.25) is 0 Å². The van der Waals surface area contributed by atoms with Crippen LogP contribution in [-0.2, 0) is 16.0 Å². The molecule has 1 aromatic carbocycles. The number of benzene rings is 1. The first kappa shape index (κ1) is 23.8. The fraction of sp³-hybridized carbons (Fsp3) is 0.500. The molecule has 164 valence electrons. The maximum atomic E-state index is 12.8. The Morgan fingerprint density at radius 2 is 1.97 bits per heavy atom. The number of carbonyl (C=O) groups is 2. The van der Waals surface area contributed by atoms with Crippen molar-refractivity contribution in [1.29, 1.82) is 0 Å². The van der Waals surface area contributed by atoms with Gasteiger partial charge in [0.2, 0.25) is 0 Å². The maximum absolute atomic E-state index is 12.8. The number of alkyl carbamates (subject to hydrolysis) is 1. The number of nitrogens with one attached hydrogen (secondary N) is 1. The summed E-state index contributed by atoms with van der Waals surface area (Å²) in [6, 6.07) is 4.05. The molecule has 7 nitrogen and oxygen atoms in total. The van der Waals surface area contributed by atoms with Gasteiger partial charge in [-0.3, -0.25) is 0 Å². The summed E-state index contributed by atoms with van der Waals surface area (Å²) >= 11 is 1.55. The molecule has 0 aliphatic rings. The van der Waals surface area contributed by atoms with Crippen molar-refractivity contribution in [2.75, 3.05) is 12.0 Å². The van der Waals surface area contributed by atoms with Crippen LogP contribution in [0.25, 0.3) is 11.0 Å². The molecule has 2 aromatic rings. The minimum absolute atomic E-state index is 0.282. The number of fused-ring (bicyclic) bond motifs is 1. The second-order valence-corrected chi connectivity index (χ2v) is 8.90. The Labute approximate surface area is 180 Å². The van der Waals surface area contributed by atoms with Gasteiger partial charge in [-0.1, -0.05) is 6.92 Å². The van der Waals surface area contributed by atoms with Gasteiger partial charge in [0.05, 0.1) is 0 Å². The Bertz CT molecular complexity index is 976. The van der Waals surface area contributed by atoms with Gasteiger partial charge >= 0.3 is 17.7 Å². The summed E-state index contributed by atoms with van der Waals surface area (Å²) < 4.78 is 16.2. The molecule has 0 saturated heterocycles. The Morgan fingerprint density at radius 3 is 2.57 bits per heavy atom. The number of hydrogen-bond donors (Lipinski definition) is 1. The van der Waals surface area contributed by atoms with Crippen LogP contribution < -0.4 is 15.7 Å². The van der Waals surface area contributed by atoms with E-state index in [1.54, 1.807) is 51.6 Å². The van der Waals surface area contributed by atoms with Gasteiger partial charge in [-0.2, -0.15) is 11.8 Å². The number of ether oxygens (including phenoxy) is 2. The van der Waals surface area contributed by atoms with Gasteiger partial charge in [-0.05, 0) is 70.2 Å². The third-order valence-corrected chi connectivity index (χ3v) is 5.02. The molecule has 0 saturated carbocycles. The lowest BCUT2D eigenvalue weighted by Gasteiger charge is -2.23. The summed E-state index contributed by atoms with van der Waals surface area (Å²) in [6.07, 6.45) is 2.30. The average Bonchev–Trinajstić information content (AvgIpc) is 2.65. The van der Waals surface area contributed by atoms with Crippen molar-refractivity contribution in [3.05, 3.63) is 39.7 Å². The maximum Gasteiger partial charge on any atom is 0.408 e. The van der Waals surface area contributed by atoms with Crippen LogP contribution in [0.1, 0.15) is 45.2 Å². The van der Waals surface area contributed by atoms with Crippen molar-refractivity contribution in [3.63, 3.8) is 0 Å². The minimum atomic E-state index is -0.864. The molecule has 1 unspecified atom stereocenters. The average molecular weight is 436 g/mol. The molecule has 0 aliphatic heterocycles. The van der Waals surface area contributed by atoms with Crippen LogP contribution in [0, 0.1) is 6.92 Å². The number of carbonyl (C=O) groups excluding carboxylic acids is 2. The van der Waals surface area contributed by atoms with E-state index < -0.39 is 29.3 Å². The molecule has 0 aliphatic carbocycles. The zero-order valence-electron chi connectivity index (χ0n) is 18.3. The van der Waals surface area contributed by atoms with Gasteiger partial charge in [0.25, 0.3) is 0 Å². The number of amides is 1. The van der Waals surface area contributed by atoms with Gasteiger partial charge in [0, 0.05) is 17.0 Å². The van der Waals surface area contributed by atoms with E-state index in [2.05, 4.69) is 5.32 Å². The summed E-state index contributed by atoms with van der Waals surface area (Å²) in [4.78, 5) is 36.8. The zero-order chi connectivity index (χ0) is 22.5. The lowest BCUT2D eigenvalue weighted by Crippen LogP contribution is -2.45. The number of thioether (sulfide) groups is 1. The van der Waals surface area contributed by atoms with Crippen molar-refractivity contribution in [1.82, 2.24) is 5.32 Å². The van der Waals surface area contributed by atoms with E-state index in [1.165, 1.54) is 6.07 Å². The summed E-state index contributed by atoms with van der Waals surface area (Å²) in [5.41, 5.74) is 0.684. The van der Waals surface area contributed by atoms with E-state index >= 15 is 0 Å². The van der Waals surface area contributed by atoms with Crippen molar-refractivity contribution < 1.29 is 23.5 Å². The second kappa shape index (κ2) is 10.0. The summed E-state index contributed by atoms with van der Waals surface area (Å²) in [7, 11) is 0. The molecule has 0 radical (unpaired) electrons. The number of esters is 1. The summed E-state index contributed by atoms with van der Waals surface area (Å²) in [5.74, 6) is 0.330. The van der Waals surface area contributed by atoms with Gasteiger partial charge in [-0.25, -0.2) is 14.4 Å². The lowest BCUT2D eigenvalue weighted by atomic mass is 10.0. The van der Waals surface area contributed by atoms with Crippen LogP contribution in [0.15, 0.2) is 27.4 Å². The normalized spacial score (nSPS) is 12.5. The van der Waals surface area contributed by atoms with Crippen LogP contribution in [0.4, 0.5) is 4.79 Å². The van der Waals surface area contributed by atoms with Crippen LogP contribution in [-0.4, -0.2) is 35.7 Å². The Balaban J connectivity index is 2.27. The molecule has 0 fully saturated rings. The van der Waals surface area contributed by atoms with Crippen LogP contribution >= 0.6 is 11.8 Å².